The molecule has 5 heteroatoms. The second-order valence-corrected chi connectivity index (χ2v) is 9.11. The van der Waals surface area contributed by atoms with Crippen molar-refractivity contribution in [3.8, 4) is 0 Å². The third kappa shape index (κ3) is 3.55. The standard InChI is InChI=1S/C15H28N2O2S/c18-20(19)10-8-12(11-20)17-15-7-2-1-5-13(15)14-6-3-4-9-16-14/h12-17H,1-11H2. The van der Waals surface area contributed by atoms with Crippen LogP contribution in [0.1, 0.15) is 51.4 Å². The van der Waals surface area contributed by atoms with Crippen molar-refractivity contribution < 1.29 is 8.42 Å². The van der Waals surface area contributed by atoms with Crippen LogP contribution in [0.25, 0.3) is 0 Å². The maximum atomic E-state index is 11.6. The Hall–Kier alpha value is -0.130. The molecule has 4 atom stereocenters. The third-order valence-electron chi connectivity index (χ3n) is 5.37. The van der Waals surface area contributed by atoms with Crippen LogP contribution < -0.4 is 10.6 Å². The summed E-state index contributed by atoms with van der Waals surface area (Å²) < 4.78 is 23.2. The Morgan fingerprint density at radius 1 is 0.950 bits per heavy atom. The van der Waals surface area contributed by atoms with Crippen LogP contribution in [0.5, 0.6) is 0 Å². The zero-order valence-corrected chi connectivity index (χ0v) is 13.1. The predicted octanol–water partition coefficient (Wildman–Crippen LogP) is 1.46. The molecule has 4 unspecified atom stereocenters. The van der Waals surface area contributed by atoms with Gasteiger partial charge >= 0.3 is 0 Å². The minimum absolute atomic E-state index is 0.203. The molecular formula is C15H28N2O2S. The summed E-state index contributed by atoms with van der Waals surface area (Å²) in [6, 6.07) is 1.38. The van der Waals surface area contributed by atoms with E-state index in [-0.39, 0.29) is 6.04 Å². The average molecular weight is 300 g/mol. The maximum absolute atomic E-state index is 11.6. The van der Waals surface area contributed by atoms with Crippen LogP contribution >= 0.6 is 0 Å². The van der Waals surface area contributed by atoms with E-state index < -0.39 is 9.84 Å². The van der Waals surface area contributed by atoms with E-state index in [2.05, 4.69) is 10.6 Å². The Balaban J connectivity index is 1.60. The molecule has 116 valence electrons. The van der Waals surface area contributed by atoms with Crippen molar-refractivity contribution in [1.29, 1.82) is 0 Å². The van der Waals surface area contributed by atoms with Crippen LogP contribution in [0.3, 0.4) is 0 Å². The molecule has 3 rings (SSSR count). The molecule has 0 aromatic rings. The molecular weight excluding hydrogens is 272 g/mol. The lowest BCUT2D eigenvalue weighted by molar-refractivity contribution is 0.174. The van der Waals surface area contributed by atoms with E-state index in [1.165, 1.54) is 44.9 Å². The normalized spacial score (nSPS) is 41.6. The van der Waals surface area contributed by atoms with E-state index in [4.69, 9.17) is 0 Å². The number of nitrogens with one attached hydrogen (secondary N) is 2. The average Bonchev–Trinajstić information content (AvgIpc) is 2.79. The summed E-state index contributed by atoms with van der Waals surface area (Å²) in [5.74, 6) is 1.44. The maximum Gasteiger partial charge on any atom is 0.151 e. The highest BCUT2D eigenvalue weighted by molar-refractivity contribution is 7.91. The van der Waals surface area contributed by atoms with Crippen molar-refractivity contribution in [1.82, 2.24) is 10.6 Å². The van der Waals surface area contributed by atoms with Gasteiger partial charge in [-0.25, -0.2) is 8.42 Å². The topological polar surface area (TPSA) is 58.2 Å². The summed E-state index contributed by atoms with van der Waals surface area (Å²) in [7, 11) is -2.77. The first-order valence-corrected chi connectivity index (χ1v) is 10.2. The minimum atomic E-state index is -2.77. The zero-order chi connectivity index (χ0) is 14.0. The van der Waals surface area contributed by atoms with Crippen molar-refractivity contribution in [3.63, 3.8) is 0 Å². The van der Waals surface area contributed by atoms with Crippen molar-refractivity contribution in [2.45, 2.75) is 69.5 Å². The molecule has 4 nitrogen and oxygen atoms in total. The first-order valence-electron chi connectivity index (χ1n) is 8.34. The molecule has 0 spiro atoms. The molecule has 2 aliphatic heterocycles. The Bertz CT molecular complexity index is 418. The number of sulfone groups is 1. The van der Waals surface area contributed by atoms with Gasteiger partial charge in [0.2, 0.25) is 0 Å². The number of hydrogen-bond donors (Lipinski definition) is 2. The summed E-state index contributed by atoms with van der Waals surface area (Å²) in [4.78, 5) is 0. The lowest BCUT2D eigenvalue weighted by atomic mass is 9.77. The fourth-order valence-corrected chi connectivity index (χ4v) is 6.01. The van der Waals surface area contributed by atoms with Crippen LogP contribution in [0.15, 0.2) is 0 Å². The molecule has 2 N–H and O–H groups in total. The monoisotopic (exact) mass is 300 g/mol. The van der Waals surface area contributed by atoms with Crippen molar-refractivity contribution >= 4 is 9.84 Å². The fraction of sp³-hybridized carbons (Fsp3) is 1.00. The van der Waals surface area contributed by atoms with Gasteiger partial charge in [0.25, 0.3) is 0 Å². The van der Waals surface area contributed by atoms with Gasteiger partial charge < -0.3 is 10.6 Å². The molecule has 0 amide bonds. The van der Waals surface area contributed by atoms with Gasteiger partial charge in [0, 0.05) is 18.1 Å². The van der Waals surface area contributed by atoms with Gasteiger partial charge in [-0.1, -0.05) is 19.3 Å². The first kappa shape index (κ1) is 14.8. The van der Waals surface area contributed by atoms with E-state index in [0.717, 1.165) is 13.0 Å². The highest BCUT2D eigenvalue weighted by atomic mass is 32.2. The Kier molecular flexibility index (Phi) is 4.68. The second-order valence-electron chi connectivity index (χ2n) is 6.88. The molecule has 0 aromatic heterocycles. The molecule has 1 aliphatic carbocycles. The smallest absolute Gasteiger partial charge is 0.151 e. The lowest BCUT2D eigenvalue weighted by Gasteiger charge is -2.41. The van der Waals surface area contributed by atoms with Gasteiger partial charge in [0.1, 0.15) is 0 Å². The highest BCUT2D eigenvalue weighted by Gasteiger charge is 2.36. The minimum Gasteiger partial charge on any atom is -0.314 e. The predicted molar refractivity (Wildman–Crippen MR) is 81.6 cm³/mol. The van der Waals surface area contributed by atoms with Crippen LogP contribution in [0.2, 0.25) is 0 Å². The van der Waals surface area contributed by atoms with Gasteiger partial charge in [-0.05, 0) is 44.6 Å². The van der Waals surface area contributed by atoms with Gasteiger partial charge in [-0.2, -0.15) is 0 Å². The number of hydrogen-bond acceptors (Lipinski definition) is 4. The first-order chi connectivity index (χ1) is 9.64. The summed E-state index contributed by atoms with van der Waals surface area (Å²) in [6.07, 6.45) is 9.91. The second kappa shape index (κ2) is 6.32. The SMILES string of the molecule is O=S1(=O)CCC(NC2CCCCC2C2CCCCN2)C1. The fourth-order valence-electron chi connectivity index (χ4n) is 4.32. The Morgan fingerprint density at radius 3 is 2.45 bits per heavy atom. The van der Waals surface area contributed by atoms with Crippen molar-refractivity contribution in [2.75, 3.05) is 18.1 Å². The Labute approximate surface area is 123 Å². The lowest BCUT2D eigenvalue weighted by Crippen LogP contribution is -2.53. The van der Waals surface area contributed by atoms with Crippen LogP contribution in [-0.2, 0) is 9.84 Å². The van der Waals surface area contributed by atoms with Crippen molar-refractivity contribution in [3.05, 3.63) is 0 Å². The van der Waals surface area contributed by atoms with Crippen LogP contribution in [0.4, 0.5) is 0 Å². The zero-order valence-electron chi connectivity index (χ0n) is 12.3. The molecule has 3 aliphatic rings. The summed E-state index contributed by atoms with van der Waals surface area (Å²) in [5.41, 5.74) is 0. The van der Waals surface area contributed by atoms with E-state index in [0.29, 0.717) is 29.5 Å². The molecule has 2 heterocycles. The van der Waals surface area contributed by atoms with Gasteiger partial charge in [-0.15, -0.1) is 0 Å². The van der Waals surface area contributed by atoms with E-state index >= 15 is 0 Å². The van der Waals surface area contributed by atoms with Gasteiger partial charge in [0.05, 0.1) is 11.5 Å². The van der Waals surface area contributed by atoms with E-state index in [1.54, 1.807) is 0 Å². The molecule has 1 saturated carbocycles. The molecule has 3 fully saturated rings. The third-order valence-corrected chi connectivity index (χ3v) is 7.13. The summed E-state index contributed by atoms with van der Waals surface area (Å²) >= 11 is 0. The molecule has 2 saturated heterocycles. The van der Waals surface area contributed by atoms with Crippen LogP contribution in [0, 0.1) is 5.92 Å². The summed E-state index contributed by atoms with van der Waals surface area (Å²) in [6.45, 7) is 1.16. The molecule has 20 heavy (non-hydrogen) atoms. The van der Waals surface area contributed by atoms with Crippen LogP contribution in [-0.4, -0.2) is 44.6 Å². The number of rotatable bonds is 3. The highest BCUT2D eigenvalue weighted by Crippen LogP contribution is 2.31. The van der Waals surface area contributed by atoms with Gasteiger partial charge in [-0.3, -0.25) is 0 Å². The molecule has 0 radical (unpaired) electrons. The van der Waals surface area contributed by atoms with E-state index in [9.17, 15) is 8.42 Å². The largest absolute Gasteiger partial charge is 0.314 e. The van der Waals surface area contributed by atoms with E-state index in [1.807, 2.05) is 0 Å². The van der Waals surface area contributed by atoms with Crippen molar-refractivity contribution in [2.24, 2.45) is 5.92 Å². The van der Waals surface area contributed by atoms with Gasteiger partial charge in [0.15, 0.2) is 9.84 Å². The Morgan fingerprint density at radius 2 is 1.75 bits per heavy atom. The molecule has 0 aromatic carbocycles. The number of piperidine rings is 1. The summed E-state index contributed by atoms with van der Waals surface area (Å²) in [5, 5.41) is 7.40. The molecule has 0 bridgehead atoms. The quantitative estimate of drug-likeness (QED) is 0.828.